The summed E-state index contributed by atoms with van der Waals surface area (Å²) in [6.07, 6.45) is 4.40. The van der Waals surface area contributed by atoms with Crippen molar-refractivity contribution in [1.82, 2.24) is 15.3 Å². The monoisotopic (exact) mass is 331 g/mol. The van der Waals surface area contributed by atoms with Gasteiger partial charge in [0.05, 0.1) is 36.7 Å². The van der Waals surface area contributed by atoms with Gasteiger partial charge in [0.25, 0.3) is 5.91 Å². The van der Waals surface area contributed by atoms with Gasteiger partial charge in [-0.3, -0.25) is 14.8 Å². The molecule has 3 heterocycles. The van der Waals surface area contributed by atoms with Crippen LogP contribution in [0.25, 0.3) is 0 Å². The molecule has 0 bridgehead atoms. The zero-order valence-electron chi connectivity index (χ0n) is 13.0. The van der Waals surface area contributed by atoms with Crippen LogP contribution in [-0.2, 0) is 16.1 Å². The van der Waals surface area contributed by atoms with Gasteiger partial charge in [-0.15, -0.1) is 0 Å². The Morgan fingerprint density at radius 2 is 2.29 bits per heavy atom. The van der Waals surface area contributed by atoms with Gasteiger partial charge in [0.1, 0.15) is 6.10 Å². The standard InChI is InChI=1S/C17H18FN3O3/c18-14-9-19-7-4-13(14)17(22)21-15-5-8-23-11-16(15)24-10-12-3-1-2-6-20-12/h1-4,6-7,9,15-16H,5,8,10-11H2,(H,21,22)/t15-,16-/m1/s1. The molecule has 0 aromatic carbocycles. The molecule has 1 amide bonds. The van der Waals surface area contributed by atoms with Gasteiger partial charge >= 0.3 is 0 Å². The lowest BCUT2D eigenvalue weighted by Crippen LogP contribution is -2.50. The number of aromatic nitrogens is 2. The Bertz CT molecular complexity index is 684. The average Bonchev–Trinajstić information content (AvgIpc) is 2.62. The van der Waals surface area contributed by atoms with Crippen LogP contribution in [0.4, 0.5) is 4.39 Å². The first-order chi connectivity index (χ1) is 11.7. The molecule has 24 heavy (non-hydrogen) atoms. The Labute approximate surface area is 139 Å². The molecule has 2 atom stereocenters. The second kappa shape index (κ2) is 7.94. The molecule has 2 aromatic rings. The van der Waals surface area contributed by atoms with Crippen molar-refractivity contribution < 1.29 is 18.7 Å². The van der Waals surface area contributed by atoms with E-state index in [0.717, 1.165) is 11.9 Å². The fourth-order valence-electron chi connectivity index (χ4n) is 2.52. The third-order valence-electron chi connectivity index (χ3n) is 3.81. The summed E-state index contributed by atoms with van der Waals surface area (Å²) in [4.78, 5) is 20.1. The van der Waals surface area contributed by atoms with Crippen molar-refractivity contribution >= 4 is 5.91 Å². The molecule has 2 aromatic heterocycles. The van der Waals surface area contributed by atoms with Crippen molar-refractivity contribution in [1.29, 1.82) is 0 Å². The molecule has 3 rings (SSSR count). The maximum absolute atomic E-state index is 13.7. The second-order valence-corrected chi connectivity index (χ2v) is 5.47. The molecule has 6 nitrogen and oxygen atoms in total. The van der Waals surface area contributed by atoms with Gasteiger partial charge in [0, 0.05) is 19.0 Å². The maximum Gasteiger partial charge on any atom is 0.254 e. The summed E-state index contributed by atoms with van der Waals surface area (Å²) in [7, 11) is 0. The Kier molecular flexibility index (Phi) is 5.45. The van der Waals surface area contributed by atoms with E-state index in [2.05, 4.69) is 15.3 Å². The molecule has 7 heteroatoms. The van der Waals surface area contributed by atoms with Crippen molar-refractivity contribution in [3.05, 3.63) is 59.9 Å². The molecule has 0 saturated carbocycles. The van der Waals surface area contributed by atoms with E-state index in [9.17, 15) is 9.18 Å². The maximum atomic E-state index is 13.7. The number of rotatable bonds is 5. The highest BCUT2D eigenvalue weighted by atomic mass is 19.1. The van der Waals surface area contributed by atoms with Crippen LogP contribution in [0.3, 0.4) is 0 Å². The van der Waals surface area contributed by atoms with E-state index < -0.39 is 11.7 Å². The number of ether oxygens (including phenoxy) is 2. The summed E-state index contributed by atoms with van der Waals surface area (Å²) in [5.41, 5.74) is 0.772. The fraction of sp³-hybridized carbons (Fsp3) is 0.353. The third-order valence-corrected chi connectivity index (χ3v) is 3.81. The minimum Gasteiger partial charge on any atom is -0.379 e. The number of carbonyl (C=O) groups is 1. The lowest BCUT2D eigenvalue weighted by atomic mass is 10.1. The van der Waals surface area contributed by atoms with Crippen molar-refractivity contribution in [2.75, 3.05) is 13.2 Å². The van der Waals surface area contributed by atoms with E-state index in [1.807, 2.05) is 18.2 Å². The van der Waals surface area contributed by atoms with E-state index in [1.165, 1.54) is 12.3 Å². The Morgan fingerprint density at radius 1 is 1.38 bits per heavy atom. The molecule has 1 aliphatic rings. The van der Waals surface area contributed by atoms with Crippen molar-refractivity contribution in [3.63, 3.8) is 0 Å². The Hall–Kier alpha value is -2.38. The summed E-state index contributed by atoms with van der Waals surface area (Å²) < 4.78 is 24.9. The Balaban J connectivity index is 1.62. The predicted octanol–water partition coefficient (Wildman–Crippen LogP) is 1.72. The topological polar surface area (TPSA) is 73.3 Å². The van der Waals surface area contributed by atoms with Gasteiger partial charge in [-0.25, -0.2) is 4.39 Å². The summed E-state index contributed by atoms with van der Waals surface area (Å²) >= 11 is 0. The summed E-state index contributed by atoms with van der Waals surface area (Å²) in [6, 6.07) is 6.69. The quantitative estimate of drug-likeness (QED) is 0.903. The molecule has 0 spiro atoms. The van der Waals surface area contributed by atoms with Gasteiger partial charge in [-0.05, 0) is 24.6 Å². The largest absolute Gasteiger partial charge is 0.379 e. The lowest BCUT2D eigenvalue weighted by molar-refractivity contribution is -0.0743. The van der Waals surface area contributed by atoms with Gasteiger partial charge < -0.3 is 14.8 Å². The first kappa shape index (κ1) is 16.5. The van der Waals surface area contributed by atoms with E-state index in [1.54, 1.807) is 6.20 Å². The predicted molar refractivity (Wildman–Crippen MR) is 83.7 cm³/mol. The number of halogens is 1. The smallest absolute Gasteiger partial charge is 0.254 e. The van der Waals surface area contributed by atoms with E-state index in [-0.39, 0.29) is 17.7 Å². The lowest BCUT2D eigenvalue weighted by Gasteiger charge is -2.32. The van der Waals surface area contributed by atoms with Crippen molar-refractivity contribution in [3.8, 4) is 0 Å². The first-order valence-corrected chi connectivity index (χ1v) is 7.73. The number of nitrogens with zero attached hydrogens (tertiary/aromatic N) is 2. The van der Waals surface area contributed by atoms with Gasteiger partial charge in [-0.1, -0.05) is 6.07 Å². The van der Waals surface area contributed by atoms with Crippen LogP contribution in [0.1, 0.15) is 22.5 Å². The number of carbonyl (C=O) groups excluding carboxylic acids is 1. The highest BCUT2D eigenvalue weighted by Crippen LogP contribution is 2.15. The number of amides is 1. The molecule has 126 valence electrons. The SMILES string of the molecule is O=C(N[C@@H]1CCOC[C@H]1OCc1ccccn1)c1ccncc1F. The van der Waals surface area contributed by atoms with Crippen molar-refractivity contribution in [2.24, 2.45) is 0 Å². The normalized spacial score (nSPS) is 20.5. The second-order valence-electron chi connectivity index (χ2n) is 5.47. The fourth-order valence-corrected chi connectivity index (χ4v) is 2.52. The molecular weight excluding hydrogens is 313 g/mol. The molecule has 0 unspecified atom stereocenters. The van der Waals surface area contributed by atoms with Crippen LogP contribution >= 0.6 is 0 Å². The highest BCUT2D eigenvalue weighted by molar-refractivity contribution is 5.94. The third kappa shape index (κ3) is 4.12. The van der Waals surface area contributed by atoms with Crippen LogP contribution in [0, 0.1) is 5.82 Å². The van der Waals surface area contributed by atoms with Crippen LogP contribution in [-0.4, -0.2) is 41.2 Å². The zero-order valence-corrected chi connectivity index (χ0v) is 13.0. The molecular formula is C17H18FN3O3. The molecule has 1 N–H and O–H groups in total. The van der Waals surface area contributed by atoms with Crippen LogP contribution < -0.4 is 5.32 Å². The number of pyridine rings is 2. The van der Waals surface area contributed by atoms with Gasteiger partial charge in [0.2, 0.25) is 0 Å². The van der Waals surface area contributed by atoms with Crippen LogP contribution in [0.15, 0.2) is 42.9 Å². The van der Waals surface area contributed by atoms with Crippen molar-refractivity contribution in [2.45, 2.75) is 25.2 Å². The van der Waals surface area contributed by atoms with E-state index in [4.69, 9.17) is 9.47 Å². The van der Waals surface area contributed by atoms with Crippen LogP contribution in [0.5, 0.6) is 0 Å². The van der Waals surface area contributed by atoms with Gasteiger partial charge in [-0.2, -0.15) is 0 Å². The molecule has 1 saturated heterocycles. The molecule has 1 fully saturated rings. The van der Waals surface area contributed by atoms with E-state index >= 15 is 0 Å². The van der Waals surface area contributed by atoms with Gasteiger partial charge in [0.15, 0.2) is 5.82 Å². The molecule has 0 radical (unpaired) electrons. The summed E-state index contributed by atoms with van der Waals surface area (Å²) in [6.45, 7) is 1.22. The first-order valence-electron chi connectivity index (χ1n) is 7.73. The average molecular weight is 331 g/mol. The minimum absolute atomic E-state index is 0.0278. The molecule has 0 aliphatic carbocycles. The number of nitrogens with one attached hydrogen (secondary N) is 1. The minimum atomic E-state index is -0.645. The Morgan fingerprint density at radius 3 is 3.08 bits per heavy atom. The van der Waals surface area contributed by atoms with E-state index in [0.29, 0.717) is 26.2 Å². The molecule has 1 aliphatic heterocycles. The number of hydrogen-bond acceptors (Lipinski definition) is 5. The zero-order chi connectivity index (χ0) is 16.8. The highest BCUT2D eigenvalue weighted by Gasteiger charge is 2.29. The summed E-state index contributed by atoms with van der Waals surface area (Å²) in [5.74, 6) is -1.12. The van der Waals surface area contributed by atoms with Crippen LogP contribution in [0.2, 0.25) is 0 Å². The summed E-state index contributed by atoms with van der Waals surface area (Å²) in [5, 5.41) is 2.83. The number of hydrogen-bond donors (Lipinski definition) is 1.